The Labute approximate surface area is 100 Å². The summed E-state index contributed by atoms with van der Waals surface area (Å²) in [5.74, 6) is -0.868. The quantitative estimate of drug-likeness (QED) is 0.837. The zero-order valence-corrected chi connectivity index (χ0v) is 9.93. The van der Waals surface area contributed by atoms with Crippen molar-refractivity contribution in [2.24, 2.45) is 0 Å². The maximum Gasteiger partial charge on any atom is 0.321 e. The van der Waals surface area contributed by atoms with Crippen molar-refractivity contribution in [3.05, 3.63) is 29.8 Å². The van der Waals surface area contributed by atoms with E-state index in [1.807, 2.05) is 6.92 Å². The van der Waals surface area contributed by atoms with Crippen LogP contribution in [0.2, 0.25) is 0 Å². The average Bonchev–Trinajstić information content (AvgIpc) is 2.30. The van der Waals surface area contributed by atoms with E-state index in [1.54, 1.807) is 36.2 Å². The number of carbonyl (C=O) groups is 2. The van der Waals surface area contributed by atoms with Gasteiger partial charge in [-0.15, -0.1) is 0 Å². The van der Waals surface area contributed by atoms with Crippen LogP contribution in [0, 0.1) is 0 Å². The molecule has 0 aliphatic carbocycles. The van der Waals surface area contributed by atoms with Crippen LogP contribution in [0.3, 0.4) is 0 Å². The number of benzene rings is 1. The Balaban J connectivity index is 2.62. The molecule has 0 radical (unpaired) electrons. The number of amides is 2. The van der Waals surface area contributed by atoms with Gasteiger partial charge in [-0.1, -0.05) is 12.1 Å². The lowest BCUT2D eigenvalue weighted by Crippen LogP contribution is -2.30. The van der Waals surface area contributed by atoms with Gasteiger partial charge in [0.2, 0.25) is 0 Å². The van der Waals surface area contributed by atoms with Crippen molar-refractivity contribution in [2.75, 3.05) is 18.9 Å². The van der Waals surface area contributed by atoms with Crippen molar-refractivity contribution in [2.45, 2.75) is 13.3 Å². The summed E-state index contributed by atoms with van der Waals surface area (Å²) in [5.41, 5.74) is 1.36. The molecule has 0 atom stereocenters. The summed E-state index contributed by atoms with van der Waals surface area (Å²) in [6.07, 6.45) is -0.0108. The zero-order valence-electron chi connectivity index (χ0n) is 9.93. The molecule has 1 rings (SSSR count). The van der Waals surface area contributed by atoms with Crippen molar-refractivity contribution in [3.8, 4) is 0 Å². The normalized spacial score (nSPS) is 9.76. The van der Waals surface area contributed by atoms with E-state index in [-0.39, 0.29) is 12.5 Å². The molecule has 0 bridgehead atoms. The lowest BCUT2D eigenvalue weighted by atomic mass is 10.1. The summed E-state index contributed by atoms with van der Waals surface area (Å²) in [7, 11) is 1.70. The number of hydrogen-bond acceptors (Lipinski definition) is 2. The molecule has 2 N–H and O–H groups in total. The van der Waals surface area contributed by atoms with Gasteiger partial charge in [0, 0.05) is 19.3 Å². The maximum atomic E-state index is 11.5. The Bertz CT molecular complexity index is 401. The first-order chi connectivity index (χ1) is 8.02. The largest absolute Gasteiger partial charge is 0.481 e. The SMILES string of the molecule is CCN(C)C(=O)Nc1ccc(CC(=O)O)cc1. The van der Waals surface area contributed by atoms with Crippen molar-refractivity contribution in [1.29, 1.82) is 0 Å². The van der Waals surface area contributed by atoms with Crippen LogP contribution in [0.25, 0.3) is 0 Å². The molecule has 0 spiro atoms. The maximum absolute atomic E-state index is 11.5. The molecular weight excluding hydrogens is 220 g/mol. The number of urea groups is 1. The molecular formula is C12H16N2O3. The Morgan fingerprint density at radius 1 is 1.29 bits per heavy atom. The van der Waals surface area contributed by atoms with Crippen LogP contribution >= 0.6 is 0 Å². The molecule has 0 fully saturated rings. The molecule has 17 heavy (non-hydrogen) atoms. The summed E-state index contributed by atoms with van der Waals surface area (Å²) in [4.78, 5) is 23.6. The van der Waals surface area contributed by atoms with Crippen molar-refractivity contribution in [1.82, 2.24) is 4.90 Å². The minimum absolute atomic E-state index is 0.0108. The molecule has 0 heterocycles. The molecule has 0 aliphatic heterocycles. The molecule has 0 saturated carbocycles. The molecule has 0 saturated heterocycles. The van der Waals surface area contributed by atoms with E-state index in [4.69, 9.17) is 5.11 Å². The fraction of sp³-hybridized carbons (Fsp3) is 0.333. The van der Waals surface area contributed by atoms with E-state index in [1.165, 1.54) is 0 Å². The molecule has 1 aromatic rings. The highest BCUT2D eigenvalue weighted by Crippen LogP contribution is 2.10. The fourth-order valence-electron chi connectivity index (χ4n) is 1.24. The van der Waals surface area contributed by atoms with Crippen LogP contribution in [0.15, 0.2) is 24.3 Å². The molecule has 2 amide bonds. The Morgan fingerprint density at radius 2 is 1.88 bits per heavy atom. The number of anilines is 1. The van der Waals surface area contributed by atoms with E-state index in [2.05, 4.69) is 5.32 Å². The number of carboxylic acids is 1. The van der Waals surface area contributed by atoms with E-state index in [0.717, 1.165) is 0 Å². The Hall–Kier alpha value is -2.04. The van der Waals surface area contributed by atoms with E-state index in [0.29, 0.717) is 17.8 Å². The predicted octanol–water partition coefficient (Wildman–Crippen LogP) is 1.80. The predicted molar refractivity (Wildman–Crippen MR) is 65.1 cm³/mol. The Morgan fingerprint density at radius 3 is 2.35 bits per heavy atom. The third-order valence-corrected chi connectivity index (χ3v) is 2.38. The smallest absolute Gasteiger partial charge is 0.321 e. The summed E-state index contributed by atoms with van der Waals surface area (Å²) < 4.78 is 0. The van der Waals surface area contributed by atoms with Gasteiger partial charge in [0.25, 0.3) is 0 Å². The van der Waals surface area contributed by atoms with Crippen LogP contribution in [0.1, 0.15) is 12.5 Å². The number of rotatable bonds is 4. The first-order valence-corrected chi connectivity index (χ1v) is 5.35. The van der Waals surface area contributed by atoms with Crippen LogP contribution < -0.4 is 5.32 Å². The number of hydrogen-bond donors (Lipinski definition) is 2. The average molecular weight is 236 g/mol. The molecule has 5 heteroatoms. The highest BCUT2D eigenvalue weighted by molar-refractivity contribution is 5.89. The second kappa shape index (κ2) is 5.89. The third kappa shape index (κ3) is 4.14. The topological polar surface area (TPSA) is 69.6 Å². The van der Waals surface area contributed by atoms with E-state index in [9.17, 15) is 9.59 Å². The first-order valence-electron chi connectivity index (χ1n) is 5.35. The van der Waals surface area contributed by atoms with Gasteiger partial charge in [0.1, 0.15) is 0 Å². The van der Waals surface area contributed by atoms with Gasteiger partial charge in [0.15, 0.2) is 0 Å². The van der Waals surface area contributed by atoms with Crippen LogP contribution in [0.4, 0.5) is 10.5 Å². The number of nitrogens with one attached hydrogen (secondary N) is 1. The summed E-state index contributed by atoms with van der Waals surface area (Å²) in [5, 5.41) is 11.3. The molecule has 0 aliphatic rings. The lowest BCUT2D eigenvalue weighted by molar-refractivity contribution is -0.136. The number of carbonyl (C=O) groups excluding carboxylic acids is 1. The standard InChI is InChI=1S/C12H16N2O3/c1-3-14(2)12(17)13-10-6-4-9(5-7-10)8-11(15)16/h4-7H,3,8H2,1-2H3,(H,13,17)(H,15,16). The zero-order chi connectivity index (χ0) is 12.8. The van der Waals surface area contributed by atoms with Gasteiger partial charge in [-0.25, -0.2) is 4.79 Å². The highest BCUT2D eigenvalue weighted by atomic mass is 16.4. The second-order valence-electron chi connectivity index (χ2n) is 3.71. The van der Waals surface area contributed by atoms with Crippen LogP contribution in [-0.2, 0) is 11.2 Å². The van der Waals surface area contributed by atoms with E-state index >= 15 is 0 Å². The fourth-order valence-corrected chi connectivity index (χ4v) is 1.24. The number of nitrogens with zero attached hydrogens (tertiary/aromatic N) is 1. The number of carboxylic acid groups (broad SMARTS) is 1. The van der Waals surface area contributed by atoms with Gasteiger partial charge >= 0.3 is 12.0 Å². The summed E-state index contributed by atoms with van der Waals surface area (Å²) in [6, 6.07) is 6.59. The van der Waals surface area contributed by atoms with Crippen LogP contribution in [-0.4, -0.2) is 35.6 Å². The second-order valence-corrected chi connectivity index (χ2v) is 3.71. The van der Waals surface area contributed by atoms with Gasteiger partial charge in [-0.3, -0.25) is 4.79 Å². The summed E-state index contributed by atoms with van der Waals surface area (Å²) >= 11 is 0. The van der Waals surface area contributed by atoms with Gasteiger partial charge in [-0.05, 0) is 24.6 Å². The van der Waals surface area contributed by atoms with Crippen LogP contribution in [0.5, 0.6) is 0 Å². The molecule has 5 nitrogen and oxygen atoms in total. The molecule has 1 aromatic carbocycles. The third-order valence-electron chi connectivity index (χ3n) is 2.38. The first kappa shape index (κ1) is 13.0. The lowest BCUT2D eigenvalue weighted by Gasteiger charge is -2.15. The minimum atomic E-state index is -0.868. The van der Waals surface area contributed by atoms with Gasteiger partial charge in [0.05, 0.1) is 6.42 Å². The Kier molecular flexibility index (Phi) is 4.51. The van der Waals surface area contributed by atoms with Crippen molar-refractivity contribution < 1.29 is 14.7 Å². The van der Waals surface area contributed by atoms with Crippen molar-refractivity contribution >= 4 is 17.7 Å². The molecule has 0 aromatic heterocycles. The minimum Gasteiger partial charge on any atom is -0.481 e. The summed E-state index contributed by atoms with van der Waals surface area (Å²) in [6.45, 7) is 2.51. The number of aliphatic carboxylic acids is 1. The highest BCUT2D eigenvalue weighted by Gasteiger charge is 2.06. The van der Waals surface area contributed by atoms with Crippen molar-refractivity contribution in [3.63, 3.8) is 0 Å². The molecule has 0 unspecified atom stereocenters. The molecule has 92 valence electrons. The van der Waals surface area contributed by atoms with Gasteiger partial charge in [-0.2, -0.15) is 0 Å². The van der Waals surface area contributed by atoms with E-state index < -0.39 is 5.97 Å². The van der Waals surface area contributed by atoms with Gasteiger partial charge < -0.3 is 15.3 Å². The monoisotopic (exact) mass is 236 g/mol.